The van der Waals surface area contributed by atoms with E-state index < -0.39 is 0 Å². The van der Waals surface area contributed by atoms with Crippen molar-refractivity contribution in [1.82, 2.24) is 4.90 Å². The minimum Gasteiger partial charge on any atom is -0.342 e. The van der Waals surface area contributed by atoms with Crippen LogP contribution in [0, 0.1) is 23.7 Å². The molecule has 0 radical (unpaired) electrons. The Morgan fingerprint density at radius 1 is 1.00 bits per heavy atom. The summed E-state index contributed by atoms with van der Waals surface area (Å²) in [6.07, 6.45) is 8.76. The Morgan fingerprint density at radius 2 is 1.61 bits per heavy atom. The van der Waals surface area contributed by atoms with E-state index in [1.807, 2.05) is 0 Å². The first-order chi connectivity index (χ1) is 8.78. The zero-order chi connectivity index (χ0) is 12.5. The molecule has 0 aliphatic heterocycles. The minimum absolute atomic E-state index is 0.243. The van der Waals surface area contributed by atoms with Crippen LogP contribution in [0.5, 0.6) is 0 Å². The third-order valence-electron chi connectivity index (χ3n) is 4.94. The summed E-state index contributed by atoms with van der Waals surface area (Å²) in [6.45, 7) is 2.75. The third-order valence-corrected chi connectivity index (χ3v) is 4.94. The predicted octanol–water partition coefficient (Wildman–Crippen LogP) is 2.01. The molecule has 0 heterocycles. The van der Waals surface area contributed by atoms with Crippen molar-refractivity contribution in [3.63, 3.8) is 0 Å². The molecule has 2 unspecified atom stereocenters. The smallest absolute Gasteiger partial charge is 0.226 e. The molecule has 18 heavy (non-hydrogen) atoms. The van der Waals surface area contributed by atoms with Gasteiger partial charge in [0.15, 0.2) is 0 Å². The van der Waals surface area contributed by atoms with Gasteiger partial charge in [-0.15, -0.1) is 0 Å². The summed E-state index contributed by atoms with van der Waals surface area (Å²) < 4.78 is 0. The molecule has 3 fully saturated rings. The number of hydrogen-bond acceptors (Lipinski definition) is 2. The Bertz CT molecular complexity index is 296. The van der Waals surface area contributed by atoms with Gasteiger partial charge in [-0.05, 0) is 62.8 Å². The fourth-order valence-corrected chi connectivity index (χ4v) is 3.36. The van der Waals surface area contributed by atoms with Crippen LogP contribution in [0.15, 0.2) is 0 Å². The van der Waals surface area contributed by atoms with Crippen LogP contribution in [-0.4, -0.2) is 30.4 Å². The van der Waals surface area contributed by atoms with Gasteiger partial charge in [0, 0.05) is 19.0 Å². The van der Waals surface area contributed by atoms with E-state index in [4.69, 9.17) is 5.73 Å². The lowest BCUT2D eigenvalue weighted by Crippen LogP contribution is -2.41. The first-order valence-electron chi connectivity index (χ1n) is 7.76. The van der Waals surface area contributed by atoms with Crippen molar-refractivity contribution >= 4 is 5.91 Å². The first kappa shape index (κ1) is 12.5. The summed E-state index contributed by atoms with van der Waals surface area (Å²) >= 11 is 0. The zero-order valence-corrected chi connectivity index (χ0v) is 11.3. The lowest BCUT2D eigenvalue weighted by Gasteiger charge is -2.28. The number of carbonyl (C=O) groups excluding carboxylic acids is 1. The molecule has 0 spiro atoms. The normalized spacial score (nSPS) is 31.6. The van der Waals surface area contributed by atoms with Gasteiger partial charge in [-0.25, -0.2) is 0 Å². The van der Waals surface area contributed by atoms with Crippen LogP contribution in [0.2, 0.25) is 0 Å². The average molecular weight is 250 g/mol. The van der Waals surface area contributed by atoms with Gasteiger partial charge in [-0.2, -0.15) is 0 Å². The molecule has 0 aromatic heterocycles. The topological polar surface area (TPSA) is 46.3 Å². The lowest BCUT2D eigenvalue weighted by molar-refractivity contribution is -0.137. The van der Waals surface area contributed by atoms with Crippen molar-refractivity contribution in [3.8, 4) is 0 Å². The molecular formula is C15H26N2O. The Hall–Kier alpha value is -0.570. The van der Waals surface area contributed by atoms with Gasteiger partial charge < -0.3 is 10.6 Å². The van der Waals surface area contributed by atoms with Crippen LogP contribution < -0.4 is 5.73 Å². The molecule has 102 valence electrons. The fourth-order valence-electron chi connectivity index (χ4n) is 3.36. The molecule has 3 aliphatic rings. The van der Waals surface area contributed by atoms with Crippen molar-refractivity contribution in [2.24, 2.45) is 29.4 Å². The molecule has 2 atom stereocenters. The van der Waals surface area contributed by atoms with Crippen molar-refractivity contribution in [2.75, 3.05) is 19.6 Å². The molecule has 0 saturated heterocycles. The second kappa shape index (κ2) is 5.20. The van der Waals surface area contributed by atoms with E-state index >= 15 is 0 Å². The summed E-state index contributed by atoms with van der Waals surface area (Å²) in [6, 6.07) is 0. The molecule has 3 nitrogen and oxygen atoms in total. The molecule has 0 aromatic carbocycles. The van der Waals surface area contributed by atoms with Gasteiger partial charge >= 0.3 is 0 Å². The maximum atomic E-state index is 12.7. The van der Waals surface area contributed by atoms with Crippen molar-refractivity contribution in [1.29, 1.82) is 0 Å². The van der Waals surface area contributed by atoms with Crippen LogP contribution in [-0.2, 0) is 4.79 Å². The maximum Gasteiger partial charge on any atom is 0.226 e. The minimum atomic E-state index is 0.243. The molecule has 1 amide bonds. The Kier molecular flexibility index (Phi) is 3.60. The Balaban J connectivity index is 1.61. The van der Waals surface area contributed by atoms with Crippen LogP contribution in [0.4, 0.5) is 0 Å². The largest absolute Gasteiger partial charge is 0.342 e. The Labute approximate surface area is 110 Å². The molecule has 2 N–H and O–H groups in total. The van der Waals surface area contributed by atoms with Crippen LogP contribution >= 0.6 is 0 Å². The van der Waals surface area contributed by atoms with E-state index in [0.717, 1.165) is 37.8 Å². The van der Waals surface area contributed by atoms with E-state index in [1.165, 1.54) is 32.1 Å². The monoisotopic (exact) mass is 250 g/mol. The number of nitrogens with two attached hydrogens (primary N) is 1. The van der Waals surface area contributed by atoms with E-state index in [9.17, 15) is 4.79 Å². The zero-order valence-electron chi connectivity index (χ0n) is 11.3. The molecule has 3 heteroatoms. The van der Waals surface area contributed by atoms with E-state index in [2.05, 4.69) is 4.90 Å². The van der Waals surface area contributed by atoms with Gasteiger partial charge in [0.25, 0.3) is 0 Å². The summed E-state index contributed by atoms with van der Waals surface area (Å²) in [5.74, 6) is 2.75. The second-order valence-corrected chi connectivity index (χ2v) is 6.66. The van der Waals surface area contributed by atoms with Crippen LogP contribution in [0.1, 0.15) is 44.9 Å². The molecule has 3 rings (SSSR count). The summed E-state index contributed by atoms with van der Waals surface area (Å²) in [5.41, 5.74) is 5.82. The third kappa shape index (κ3) is 2.87. The predicted molar refractivity (Wildman–Crippen MR) is 71.9 cm³/mol. The highest BCUT2D eigenvalue weighted by molar-refractivity contribution is 5.79. The number of carbonyl (C=O) groups is 1. The summed E-state index contributed by atoms with van der Waals surface area (Å²) in [7, 11) is 0. The number of nitrogens with zero attached hydrogens (tertiary/aromatic N) is 1. The standard InChI is InChI=1S/C15H26N2O/c16-8-13-2-1-3-14(13)15(18)17(9-11-4-5-11)10-12-6-7-12/h11-14H,1-10,16H2. The van der Waals surface area contributed by atoms with Crippen LogP contribution in [0.25, 0.3) is 0 Å². The van der Waals surface area contributed by atoms with Crippen molar-refractivity contribution < 1.29 is 4.79 Å². The first-order valence-corrected chi connectivity index (χ1v) is 7.76. The van der Waals surface area contributed by atoms with E-state index in [0.29, 0.717) is 18.4 Å². The van der Waals surface area contributed by atoms with Crippen LogP contribution in [0.3, 0.4) is 0 Å². The van der Waals surface area contributed by atoms with Gasteiger partial charge in [0.05, 0.1) is 0 Å². The van der Waals surface area contributed by atoms with Crippen molar-refractivity contribution in [3.05, 3.63) is 0 Å². The molecule has 0 aromatic rings. The lowest BCUT2D eigenvalue weighted by atomic mass is 9.94. The number of amides is 1. The van der Waals surface area contributed by atoms with Gasteiger partial charge in [-0.3, -0.25) is 4.79 Å². The molecule has 3 aliphatic carbocycles. The van der Waals surface area contributed by atoms with E-state index in [1.54, 1.807) is 0 Å². The van der Waals surface area contributed by atoms with Gasteiger partial charge in [0.1, 0.15) is 0 Å². The fraction of sp³-hybridized carbons (Fsp3) is 0.933. The van der Waals surface area contributed by atoms with Crippen molar-refractivity contribution in [2.45, 2.75) is 44.9 Å². The maximum absolute atomic E-state index is 12.7. The second-order valence-electron chi connectivity index (χ2n) is 6.66. The van der Waals surface area contributed by atoms with Gasteiger partial charge in [0.2, 0.25) is 5.91 Å². The highest BCUT2D eigenvalue weighted by atomic mass is 16.2. The summed E-state index contributed by atoms with van der Waals surface area (Å²) in [5, 5.41) is 0. The van der Waals surface area contributed by atoms with E-state index in [-0.39, 0.29) is 5.92 Å². The molecular weight excluding hydrogens is 224 g/mol. The summed E-state index contributed by atoms with van der Waals surface area (Å²) in [4.78, 5) is 14.9. The highest BCUT2D eigenvalue weighted by Gasteiger charge is 2.38. The number of hydrogen-bond donors (Lipinski definition) is 1. The quantitative estimate of drug-likeness (QED) is 0.784. The molecule has 0 bridgehead atoms. The SMILES string of the molecule is NCC1CCCC1C(=O)N(CC1CC1)CC1CC1. The molecule has 3 saturated carbocycles. The Morgan fingerprint density at radius 3 is 2.11 bits per heavy atom. The highest BCUT2D eigenvalue weighted by Crippen LogP contribution is 2.37. The number of rotatable bonds is 6. The van der Waals surface area contributed by atoms with Gasteiger partial charge in [-0.1, -0.05) is 6.42 Å². The average Bonchev–Trinajstić information content (AvgIpc) is 3.29.